The third-order valence-corrected chi connectivity index (χ3v) is 5.18. The van der Waals surface area contributed by atoms with Crippen molar-refractivity contribution in [3.05, 3.63) is 58.7 Å². The largest absolute Gasteiger partial charge is 0.374 e. The minimum absolute atomic E-state index is 0.220. The smallest absolute Gasteiger partial charge is 0.227 e. The average Bonchev–Trinajstić information content (AvgIpc) is 2.75. The van der Waals surface area contributed by atoms with Crippen molar-refractivity contribution in [2.45, 2.75) is 67.2 Å². The van der Waals surface area contributed by atoms with Crippen LogP contribution >= 0.6 is 0 Å². The van der Waals surface area contributed by atoms with Gasteiger partial charge in [-0.3, -0.25) is 4.79 Å². The predicted octanol–water partition coefficient (Wildman–Crippen LogP) is 6.33. The van der Waals surface area contributed by atoms with Crippen molar-refractivity contribution in [1.29, 1.82) is 0 Å². The maximum Gasteiger partial charge on any atom is 0.227 e. The van der Waals surface area contributed by atoms with Gasteiger partial charge in [0.15, 0.2) is 0 Å². The van der Waals surface area contributed by atoms with Crippen LogP contribution in [0.4, 0.5) is 11.4 Å². The number of carbonyl (C=O) groups excluding carboxylic acids is 1. The van der Waals surface area contributed by atoms with Crippen molar-refractivity contribution in [3.63, 3.8) is 0 Å². The molecule has 2 aromatic carbocycles. The standard InChI is InChI=1S/C11H13NO.C11H15N.2C2H6/c1-8-3-4-9-5-6-11(13)12(2)10(9)7-8;1-9-5-6-10-4-3-7-12(2)11(10)8-9;2*1-2/h3-4,7H,5-6H2,1-2H3;5-6,8H,3-4,7H2,1-2H3;2*1-2H3. The first-order valence-corrected chi connectivity index (χ1v) is 11.1. The molecule has 0 N–H and O–H groups in total. The van der Waals surface area contributed by atoms with Gasteiger partial charge in [-0.05, 0) is 67.5 Å². The van der Waals surface area contributed by atoms with Gasteiger partial charge in [-0.15, -0.1) is 0 Å². The molecule has 29 heavy (non-hydrogen) atoms. The van der Waals surface area contributed by atoms with Gasteiger partial charge in [-0.25, -0.2) is 0 Å². The van der Waals surface area contributed by atoms with Crippen LogP contribution in [-0.2, 0) is 17.6 Å². The number of hydrogen-bond donors (Lipinski definition) is 0. The summed E-state index contributed by atoms with van der Waals surface area (Å²) in [6, 6.07) is 13.1. The summed E-state index contributed by atoms with van der Waals surface area (Å²) in [5.74, 6) is 0.220. The molecule has 2 heterocycles. The van der Waals surface area contributed by atoms with E-state index >= 15 is 0 Å². The van der Waals surface area contributed by atoms with Crippen molar-refractivity contribution in [1.82, 2.24) is 0 Å². The topological polar surface area (TPSA) is 23.6 Å². The zero-order chi connectivity index (χ0) is 22.0. The number of aryl methyl sites for hydroxylation is 4. The van der Waals surface area contributed by atoms with Crippen molar-refractivity contribution >= 4 is 17.3 Å². The molecule has 0 unspecified atom stereocenters. The molecule has 0 saturated carbocycles. The molecule has 0 bridgehead atoms. The fourth-order valence-electron chi connectivity index (χ4n) is 3.61. The van der Waals surface area contributed by atoms with Crippen LogP contribution in [0, 0.1) is 13.8 Å². The first-order valence-electron chi connectivity index (χ1n) is 11.1. The summed E-state index contributed by atoms with van der Waals surface area (Å²) in [7, 11) is 4.03. The Labute approximate surface area is 178 Å². The average molecular weight is 397 g/mol. The Bertz CT molecular complexity index is 782. The Hall–Kier alpha value is -2.29. The molecular weight excluding hydrogens is 356 g/mol. The molecular formula is C26H40N2O. The summed E-state index contributed by atoms with van der Waals surface area (Å²) >= 11 is 0. The SMILES string of the molecule is CC.CC.Cc1ccc2c(c1)N(C)C(=O)CC2.Cc1ccc2c(c1)N(C)CCC2. The summed E-state index contributed by atoms with van der Waals surface area (Å²) in [4.78, 5) is 15.5. The maximum absolute atomic E-state index is 11.4. The monoisotopic (exact) mass is 396 g/mol. The molecule has 0 saturated heterocycles. The van der Waals surface area contributed by atoms with Crippen LogP contribution in [0.15, 0.2) is 36.4 Å². The molecule has 0 aliphatic carbocycles. The summed E-state index contributed by atoms with van der Waals surface area (Å²) in [5.41, 5.74) is 7.88. The van der Waals surface area contributed by atoms with Crippen molar-refractivity contribution in [3.8, 4) is 0 Å². The first kappa shape index (κ1) is 24.7. The van der Waals surface area contributed by atoms with Crippen molar-refractivity contribution in [2.75, 3.05) is 30.4 Å². The number of anilines is 2. The van der Waals surface area contributed by atoms with Crippen LogP contribution in [0.5, 0.6) is 0 Å². The van der Waals surface area contributed by atoms with Crippen LogP contribution in [0.2, 0.25) is 0 Å². The second-order valence-corrected chi connectivity index (χ2v) is 7.24. The third-order valence-electron chi connectivity index (χ3n) is 5.18. The van der Waals surface area contributed by atoms with Crippen LogP contribution in [0.25, 0.3) is 0 Å². The molecule has 4 rings (SSSR count). The van der Waals surface area contributed by atoms with E-state index < -0.39 is 0 Å². The first-order chi connectivity index (χ1) is 14.0. The fraction of sp³-hybridized carbons (Fsp3) is 0.500. The van der Waals surface area contributed by atoms with Gasteiger partial charge in [0.05, 0.1) is 0 Å². The number of fused-ring (bicyclic) bond motifs is 2. The number of carbonyl (C=O) groups is 1. The van der Waals surface area contributed by atoms with Gasteiger partial charge in [0.2, 0.25) is 5.91 Å². The fourth-order valence-corrected chi connectivity index (χ4v) is 3.61. The minimum atomic E-state index is 0.220. The Morgan fingerprint density at radius 2 is 1.24 bits per heavy atom. The van der Waals surface area contributed by atoms with E-state index in [0.29, 0.717) is 6.42 Å². The highest BCUT2D eigenvalue weighted by atomic mass is 16.2. The van der Waals surface area contributed by atoms with E-state index in [0.717, 1.165) is 12.1 Å². The Balaban J connectivity index is 0.000000248. The van der Waals surface area contributed by atoms with E-state index in [1.807, 2.05) is 41.7 Å². The van der Waals surface area contributed by atoms with Gasteiger partial charge in [0.25, 0.3) is 0 Å². The second kappa shape index (κ2) is 12.3. The molecule has 0 fully saturated rings. The zero-order valence-electron chi connectivity index (χ0n) is 19.8. The lowest BCUT2D eigenvalue weighted by atomic mass is 10.00. The van der Waals surface area contributed by atoms with Gasteiger partial charge in [0, 0.05) is 38.4 Å². The number of benzene rings is 2. The molecule has 0 spiro atoms. The number of nitrogens with zero attached hydrogens (tertiary/aromatic N) is 2. The number of hydrogen-bond acceptors (Lipinski definition) is 2. The lowest BCUT2D eigenvalue weighted by Crippen LogP contribution is -2.31. The van der Waals surface area contributed by atoms with Crippen molar-refractivity contribution in [2.24, 2.45) is 0 Å². The molecule has 2 aliphatic heterocycles. The number of amides is 1. The van der Waals surface area contributed by atoms with Gasteiger partial charge in [-0.2, -0.15) is 0 Å². The molecule has 3 heteroatoms. The van der Waals surface area contributed by atoms with E-state index in [9.17, 15) is 4.79 Å². The van der Waals surface area contributed by atoms with Gasteiger partial charge in [0.1, 0.15) is 0 Å². The molecule has 160 valence electrons. The van der Waals surface area contributed by atoms with Crippen molar-refractivity contribution < 1.29 is 4.79 Å². The van der Waals surface area contributed by atoms with Gasteiger partial charge in [-0.1, -0.05) is 52.0 Å². The molecule has 2 aliphatic rings. The molecule has 0 atom stereocenters. The molecule has 0 radical (unpaired) electrons. The minimum Gasteiger partial charge on any atom is -0.374 e. The lowest BCUT2D eigenvalue weighted by molar-refractivity contribution is -0.118. The number of rotatable bonds is 0. The van der Waals surface area contributed by atoms with Gasteiger partial charge < -0.3 is 9.80 Å². The Morgan fingerprint density at radius 1 is 0.724 bits per heavy atom. The quantitative estimate of drug-likeness (QED) is 0.519. The summed E-state index contributed by atoms with van der Waals surface area (Å²) in [6.07, 6.45) is 4.08. The van der Waals surface area contributed by atoms with E-state index in [2.05, 4.69) is 55.3 Å². The lowest BCUT2D eigenvalue weighted by Gasteiger charge is -2.27. The second-order valence-electron chi connectivity index (χ2n) is 7.24. The molecule has 3 nitrogen and oxygen atoms in total. The zero-order valence-corrected chi connectivity index (χ0v) is 19.8. The van der Waals surface area contributed by atoms with Gasteiger partial charge >= 0.3 is 0 Å². The molecule has 2 aromatic rings. The highest BCUT2D eigenvalue weighted by Crippen LogP contribution is 2.27. The van der Waals surface area contributed by atoms with E-state index in [4.69, 9.17) is 0 Å². The highest BCUT2D eigenvalue weighted by Gasteiger charge is 2.20. The third kappa shape index (κ3) is 6.62. The summed E-state index contributed by atoms with van der Waals surface area (Å²) < 4.78 is 0. The highest BCUT2D eigenvalue weighted by molar-refractivity contribution is 5.95. The molecule has 1 amide bonds. The maximum atomic E-state index is 11.4. The summed E-state index contributed by atoms with van der Waals surface area (Å²) in [5, 5.41) is 0. The van der Waals surface area contributed by atoms with E-state index in [-0.39, 0.29) is 5.91 Å². The Kier molecular flexibility index (Phi) is 10.5. The molecule has 0 aromatic heterocycles. The van der Waals surface area contributed by atoms with Crippen LogP contribution in [-0.4, -0.2) is 26.5 Å². The normalized spacial score (nSPS) is 14.1. The van der Waals surface area contributed by atoms with Crippen LogP contribution < -0.4 is 9.80 Å². The predicted molar refractivity (Wildman–Crippen MR) is 128 cm³/mol. The Morgan fingerprint density at radius 3 is 1.83 bits per heavy atom. The summed E-state index contributed by atoms with van der Waals surface area (Å²) in [6.45, 7) is 13.4. The van der Waals surface area contributed by atoms with Crippen LogP contribution in [0.1, 0.15) is 62.8 Å². The van der Waals surface area contributed by atoms with E-state index in [1.54, 1.807) is 4.90 Å². The van der Waals surface area contributed by atoms with E-state index in [1.165, 1.54) is 47.3 Å². The van der Waals surface area contributed by atoms with Crippen LogP contribution in [0.3, 0.4) is 0 Å².